The summed E-state index contributed by atoms with van der Waals surface area (Å²) in [5, 5.41) is 17.5. The van der Waals surface area contributed by atoms with Crippen LogP contribution in [0, 0.1) is 29.6 Å². The van der Waals surface area contributed by atoms with E-state index >= 15 is 0 Å². The third-order valence-corrected chi connectivity index (χ3v) is 2.64. The first-order chi connectivity index (χ1) is 9.46. The molecule has 0 unspecified atom stereocenters. The van der Waals surface area contributed by atoms with Gasteiger partial charge in [0.1, 0.15) is 23.4 Å². The number of carbonyl (C=O) groups is 2. The average Bonchev–Trinajstić information content (AvgIpc) is 2.73. The number of rotatable bonds is 4. The Labute approximate surface area is 116 Å². The van der Waals surface area contributed by atoms with Crippen LogP contribution in [-0.4, -0.2) is 23.3 Å². The lowest BCUT2D eigenvalue weighted by atomic mass is 10.1. The average molecular weight is 271 g/mol. The Morgan fingerprint density at radius 1 is 1.35 bits per heavy atom. The lowest BCUT2D eigenvalue weighted by Crippen LogP contribution is -2.07. The van der Waals surface area contributed by atoms with Crippen molar-refractivity contribution < 1.29 is 14.3 Å². The first-order valence-electron chi connectivity index (χ1n) is 5.88. The topological polar surface area (TPSA) is 107 Å². The molecule has 1 aromatic rings. The maximum absolute atomic E-state index is 11.8. The van der Waals surface area contributed by atoms with Crippen molar-refractivity contribution in [3.63, 3.8) is 0 Å². The molecule has 0 aliphatic heterocycles. The minimum absolute atomic E-state index is 0.151. The van der Waals surface area contributed by atoms with Crippen molar-refractivity contribution in [2.75, 3.05) is 6.61 Å². The Morgan fingerprint density at radius 2 is 1.95 bits per heavy atom. The molecule has 0 fully saturated rings. The standard InChI is InChI=1S/C14H13N3O3/c1-4-20-14(19)13-8(2)12(9(3)18)11(17-13)5-10(6-15)7-16/h5,17H,4H2,1-3H3. The van der Waals surface area contributed by atoms with Crippen LogP contribution >= 0.6 is 0 Å². The first kappa shape index (κ1) is 15.2. The van der Waals surface area contributed by atoms with Crippen molar-refractivity contribution in [1.29, 1.82) is 10.5 Å². The van der Waals surface area contributed by atoms with Gasteiger partial charge < -0.3 is 9.72 Å². The Morgan fingerprint density at radius 3 is 2.40 bits per heavy atom. The molecule has 0 amide bonds. The van der Waals surface area contributed by atoms with Crippen LogP contribution in [0.25, 0.3) is 6.08 Å². The number of nitrogens with zero attached hydrogens (tertiary/aromatic N) is 2. The van der Waals surface area contributed by atoms with Crippen molar-refractivity contribution in [3.05, 3.63) is 28.1 Å². The van der Waals surface area contributed by atoms with Gasteiger partial charge >= 0.3 is 5.97 Å². The maximum Gasteiger partial charge on any atom is 0.355 e. The number of hydrogen-bond acceptors (Lipinski definition) is 5. The van der Waals surface area contributed by atoms with Crippen molar-refractivity contribution in [2.45, 2.75) is 20.8 Å². The van der Waals surface area contributed by atoms with Crippen LogP contribution in [0.4, 0.5) is 0 Å². The molecule has 102 valence electrons. The Bertz CT molecular complexity index is 653. The molecule has 0 aromatic carbocycles. The molecule has 1 N–H and O–H groups in total. The molecule has 0 saturated heterocycles. The second kappa shape index (κ2) is 6.35. The van der Waals surface area contributed by atoms with Crippen molar-refractivity contribution >= 4 is 17.8 Å². The number of carbonyl (C=O) groups excluding carboxylic acids is 2. The van der Waals surface area contributed by atoms with E-state index in [-0.39, 0.29) is 34.9 Å². The van der Waals surface area contributed by atoms with Crippen LogP contribution in [0.5, 0.6) is 0 Å². The van der Waals surface area contributed by atoms with Gasteiger partial charge in [-0.1, -0.05) is 0 Å². The van der Waals surface area contributed by atoms with E-state index in [2.05, 4.69) is 4.98 Å². The molecule has 1 rings (SSSR count). The Hall–Kier alpha value is -2.86. The quantitative estimate of drug-likeness (QED) is 0.512. The van der Waals surface area contributed by atoms with E-state index in [0.717, 1.165) is 0 Å². The number of Topliss-reactive ketones (excluding diaryl/α,β-unsaturated/α-hetero) is 1. The van der Waals surface area contributed by atoms with E-state index in [1.54, 1.807) is 26.0 Å². The summed E-state index contributed by atoms with van der Waals surface area (Å²) in [6.45, 7) is 4.84. The van der Waals surface area contributed by atoms with E-state index < -0.39 is 5.97 Å². The van der Waals surface area contributed by atoms with Crippen LogP contribution in [0.3, 0.4) is 0 Å². The number of allylic oxidation sites excluding steroid dienone is 1. The SMILES string of the molecule is CCOC(=O)c1[nH]c(C=C(C#N)C#N)c(C(C)=O)c1C. The molecular weight excluding hydrogens is 258 g/mol. The predicted octanol–water partition coefficient (Wildman–Crippen LogP) is 2.13. The van der Waals surface area contributed by atoms with E-state index in [1.165, 1.54) is 13.0 Å². The number of aromatic nitrogens is 1. The minimum atomic E-state index is -0.581. The summed E-state index contributed by atoms with van der Waals surface area (Å²) >= 11 is 0. The van der Waals surface area contributed by atoms with Crippen molar-refractivity contribution in [3.8, 4) is 12.1 Å². The molecule has 0 bridgehead atoms. The molecule has 0 radical (unpaired) electrons. The smallest absolute Gasteiger partial charge is 0.355 e. The summed E-state index contributed by atoms with van der Waals surface area (Å²) in [5.41, 5.74) is 0.965. The van der Waals surface area contributed by atoms with E-state index in [9.17, 15) is 9.59 Å². The van der Waals surface area contributed by atoms with Gasteiger partial charge in [0.25, 0.3) is 0 Å². The molecule has 6 heteroatoms. The Kier molecular flexibility index (Phi) is 4.82. The van der Waals surface area contributed by atoms with Crippen LogP contribution in [0.2, 0.25) is 0 Å². The number of esters is 1. The zero-order chi connectivity index (χ0) is 15.3. The second-order valence-electron chi connectivity index (χ2n) is 3.97. The van der Waals surface area contributed by atoms with E-state index in [1.807, 2.05) is 0 Å². The molecule has 1 heterocycles. The maximum atomic E-state index is 11.8. The molecule has 6 nitrogen and oxygen atoms in total. The molecule has 0 aliphatic rings. The zero-order valence-corrected chi connectivity index (χ0v) is 11.4. The fourth-order valence-corrected chi connectivity index (χ4v) is 1.82. The lowest BCUT2D eigenvalue weighted by Gasteiger charge is -2.00. The van der Waals surface area contributed by atoms with Gasteiger partial charge in [-0.15, -0.1) is 0 Å². The number of hydrogen-bond donors (Lipinski definition) is 1. The second-order valence-corrected chi connectivity index (χ2v) is 3.97. The summed E-state index contributed by atoms with van der Waals surface area (Å²) in [7, 11) is 0. The minimum Gasteiger partial charge on any atom is -0.461 e. The summed E-state index contributed by atoms with van der Waals surface area (Å²) in [6, 6.07) is 3.40. The molecule has 0 saturated carbocycles. The number of nitriles is 2. The number of H-pyrrole nitrogens is 1. The summed E-state index contributed by atoms with van der Waals surface area (Å²) < 4.78 is 4.88. The van der Waals surface area contributed by atoms with Gasteiger partial charge in [-0.05, 0) is 32.4 Å². The molecule has 20 heavy (non-hydrogen) atoms. The highest BCUT2D eigenvalue weighted by Crippen LogP contribution is 2.22. The molecule has 0 spiro atoms. The van der Waals surface area contributed by atoms with Crippen LogP contribution in [0.15, 0.2) is 5.57 Å². The molecule has 0 atom stereocenters. The fraction of sp³-hybridized carbons (Fsp3) is 0.286. The van der Waals surface area contributed by atoms with Gasteiger partial charge in [0.15, 0.2) is 5.78 Å². The predicted molar refractivity (Wildman–Crippen MR) is 70.7 cm³/mol. The third-order valence-electron chi connectivity index (χ3n) is 2.64. The van der Waals surface area contributed by atoms with E-state index in [4.69, 9.17) is 15.3 Å². The van der Waals surface area contributed by atoms with Crippen LogP contribution in [0.1, 0.15) is 46.0 Å². The van der Waals surface area contributed by atoms with E-state index in [0.29, 0.717) is 5.56 Å². The van der Waals surface area contributed by atoms with Gasteiger partial charge in [0.2, 0.25) is 0 Å². The molecular formula is C14H13N3O3. The molecule has 0 aliphatic carbocycles. The summed E-state index contributed by atoms with van der Waals surface area (Å²) in [5.74, 6) is -0.849. The van der Waals surface area contributed by atoms with Crippen LogP contribution < -0.4 is 0 Å². The third kappa shape index (κ3) is 2.93. The van der Waals surface area contributed by atoms with Gasteiger partial charge in [0, 0.05) is 5.56 Å². The zero-order valence-electron chi connectivity index (χ0n) is 11.4. The highest BCUT2D eigenvalue weighted by molar-refractivity contribution is 6.03. The number of nitrogens with one attached hydrogen (secondary N) is 1. The number of ether oxygens (including phenoxy) is 1. The summed E-state index contributed by atoms with van der Waals surface area (Å²) in [6.07, 6.45) is 1.24. The Balaban J connectivity index is 3.47. The highest BCUT2D eigenvalue weighted by Gasteiger charge is 2.21. The van der Waals surface area contributed by atoms with Crippen molar-refractivity contribution in [2.24, 2.45) is 0 Å². The normalized spacial score (nSPS) is 9.25. The number of ketones is 1. The van der Waals surface area contributed by atoms with Gasteiger partial charge in [-0.25, -0.2) is 4.79 Å². The van der Waals surface area contributed by atoms with Crippen molar-refractivity contribution in [1.82, 2.24) is 4.98 Å². The monoisotopic (exact) mass is 271 g/mol. The lowest BCUT2D eigenvalue weighted by molar-refractivity contribution is 0.0519. The van der Waals surface area contributed by atoms with Gasteiger partial charge in [0.05, 0.1) is 12.3 Å². The molecule has 1 aromatic heterocycles. The van der Waals surface area contributed by atoms with Crippen LogP contribution in [-0.2, 0) is 4.74 Å². The fourth-order valence-electron chi connectivity index (χ4n) is 1.82. The van der Waals surface area contributed by atoms with Gasteiger partial charge in [-0.3, -0.25) is 4.79 Å². The van der Waals surface area contributed by atoms with Gasteiger partial charge in [-0.2, -0.15) is 10.5 Å². The highest BCUT2D eigenvalue weighted by atomic mass is 16.5. The number of aromatic amines is 1. The summed E-state index contributed by atoms with van der Waals surface area (Å²) in [4.78, 5) is 26.2. The first-order valence-corrected chi connectivity index (χ1v) is 5.88. The largest absolute Gasteiger partial charge is 0.461 e.